The average Bonchev–Trinajstić information content (AvgIpc) is 2.00. The van der Waals surface area contributed by atoms with E-state index in [0.717, 1.165) is 84.1 Å². The molecule has 0 fully saturated rings. The molecule has 12 aromatic carbocycles. The average molecular weight is 1530 g/mol. The first-order valence-corrected chi connectivity index (χ1v) is 37.7. The maximum atomic E-state index is 13.6. The molecule has 3 unspecified atom stereocenters. The lowest BCUT2D eigenvalue weighted by Crippen LogP contribution is -2.19. The molecule has 0 bridgehead atoms. The van der Waals surface area contributed by atoms with Gasteiger partial charge in [-0.05, 0) is 281 Å². The fourth-order valence-corrected chi connectivity index (χ4v) is 12.6. The van der Waals surface area contributed by atoms with Gasteiger partial charge in [-0.3, -0.25) is 0 Å². The zero-order valence-corrected chi connectivity index (χ0v) is 63.9. The van der Waals surface area contributed by atoms with Crippen molar-refractivity contribution < 1.29 is 49.3 Å². The molecule has 588 valence electrons. The van der Waals surface area contributed by atoms with Crippen molar-refractivity contribution in [2.75, 3.05) is 60.5 Å². The van der Waals surface area contributed by atoms with Crippen molar-refractivity contribution in [1.82, 2.24) is 4.90 Å². The molecule has 0 heterocycles. The molecular weight excluding hydrogens is 1430 g/mol. The molecule has 0 aliphatic rings. The SMILES string of the molecule is CN(C)CCC(c1cccc(F)c1)c1cccc(F)c1.COc1ccccc1OC(CCN)c1cccc(F)c1.NCC(Cc1cccc(F)c1)Cc1cccc(F)c1.NCCC(Cc1ccccc1)c1ccccc1.NCCC(Oc1ccccc1F)c1cccc(F)c1.NCCCc1ccccc1-c1cccc(F)c1. The number of benzene rings is 12. The highest BCUT2D eigenvalue weighted by atomic mass is 19.2. The Morgan fingerprint density at radius 3 is 1.21 bits per heavy atom. The number of para-hydroxylation sites is 3. The number of hydrogen-bond acceptors (Lipinski definition) is 9. The lowest BCUT2D eigenvalue weighted by atomic mass is 9.88. The molecule has 0 radical (unpaired) electrons. The van der Waals surface area contributed by atoms with Gasteiger partial charge in [0.05, 0.1) is 7.11 Å². The van der Waals surface area contributed by atoms with Crippen LogP contribution in [0.5, 0.6) is 17.2 Å². The Morgan fingerprint density at radius 2 is 0.741 bits per heavy atom. The molecule has 0 aliphatic carbocycles. The number of hydrogen-bond donors (Lipinski definition) is 5. The molecule has 3 atom stereocenters. The van der Waals surface area contributed by atoms with Crippen LogP contribution >= 0.6 is 0 Å². The normalized spacial score (nSPS) is 11.5. The molecule has 0 saturated carbocycles. The van der Waals surface area contributed by atoms with Gasteiger partial charge in [-0.25, -0.2) is 35.1 Å². The molecule has 10 N–H and O–H groups in total. The van der Waals surface area contributed by atoms with Crippen molar-refractivity contribution in [3.63, 3.8) is 0 Å². The third-order valence-electron chi connectivity index (χ3n) is 18.2. The first-order chi connectivity index (χ1) is 54.4. The summed E-state index contributed by atoms with van der Waals surface area (Å²) in [5, 5.41) is 0. The van der Waals surface area contributed by atoms with Crippen LogP contribution in [0, 0.1) is 52.5 Å². The summed E-state index contributed by atoms with van der Waals surface area (Å²) in [5.41, 5.74) is 39.2. The predicted octanol–water partition coefficient (Wildman–Crippen LogP) is 20.9. The molecule has 0 aromatic heterocycles. The summed E-state index contributed by atoms with van der Waals surface area (Å²) in [6, 6.07) is 88.2. The largest absolute Gasteiger partial charge is 0.493 e. The van der Waals surface area contributed by atoms with Gasteiger partial charge in [0.25, 0.3) is 0 Å². The number of nitrogens with two attached hydrogens (primary N) is 5. The van der Waals surface area contributed by atoms with Crippen LogP contribution in [-0.2, 0) is 25.7 Å². The second-order valence-corrected chi connectivity index (χ2v) is 27.0. The summed E-state index contributed by atoms with van der Waals surface area (Å²) in [5.74, 6) is -0.132. The Balaban J connectivity index is 0.000000187. The zero-order valence-electron chi connectivity index (χ0n) is 63.9. The van der Waals surface area contributed by atoms with E-state index in [4.69, 9.17) is 42.9 Å². The van der Waals surface area contributed by atoms with Gasteiger partial charge < -0.3 is 47.8 Å². The number of methoxy groups -OCH3 is 1. The third kappa shape index (κ3) is 31.5. The standard InChI is InChI=1S/C17H19F2N.C16H17F2N.C16H18FNO2.C16H19N.C15H15F2NO.C15H16FN/c1-20(2)10-9-17(13-5-3-7-15(18)11-13)14-6-4-8-16(19)12-14;17-15-5-1-3-12(9-15)7-14(11-19)8-13-4-2-6-16(18)10-13;1-19-15-7-2-3-8-16(15)20-14(9-10-18)12-5-4-6-13(17)11-12;17-12-11-16(15-9-5-2-6-10-15)13-14-7-3-1-4-8-14;16-12-5-3-4-11(10-12)14(8-9-18)19-15-7-2-1-6-13(15)17;16-14-8-3-6-13(11-14)15-9-2-1-5-12(15)7-4-10-17/h3-8,11-12,17H,9-10H2,1-2H3;1-6,9-10,14H,7-8,11,19H2;2-8,11,14H,9-10,18H2,1H3;1-10,16H,11-13,17H2;1-7,10,14H,8-9,18H2;1-3,5-6,8-9,11H,4,7,10,17H2. The van der Waals surface area contributed by atoms with Crippen LogP contribution in [-0.4, -0.2) is 65.4 Å². The topological polar surface area (TPSA) is 161 Å². The van der Waals surface area contributed by atoms with Gasteiger partial charge >= 0.3 is 0 Å². The van der Waals surface area contributed by atoms with Gasteiger partial charge in [0, 0.05) is 18.8 Å². The second kappa shape index (κ2) is 49.5. The highest BCUT2D eigenvalue weighted by Crippen LogP contribution is 2.34. The molecular formula is C95H104F8N6O3. The van der Waals surface area contributed by atoms with E-state index in [1.54, 1.807) is 73.8 Å². The first kappa shape index (κ1) is 88.5. The van der Waals surface area contributed by atoms with Gasteiger partial charge in [-0.2, -0.15) is 0 Å². The smallest absolute Gasteiger partial charge is 0.165 e. The molecule has 0 aliphatic heterocycles. The maximum Gasteiger partial charge on any atom is 0.165 e. The van der Waals surface area contributed by atoms with Crippen molar-refractivity contribution in [1.29, 1.82) is 0 Å². The maximum absolute atomic E-state index is 13.6. The van der Waals surface area contributed by atoms with E-state index in [2.05, 4.69) is 71.6 Å². The number of halogens is 8. The van der Waals surface area contributed by atoms with Gasteiger partial charge in [-0.15, -0.1) is 0 Å². The first-order valence-electron chi connectivity index (χ1n) is 37.7. The minimum absolute atomic E-state index is 0.00352. The van der Waals surface area contributed by atoms with Crippen LogP contribution < -0.4 is 42.9 Å². The Labute approximate surface area is 656 Å². The molecule has 12 aromatic rings. The quantitative estimate of drug-likeness (QED) is 0.0276. The second-order valence-electron chi connectivity index (χ2n) is 27.0. The summed E-state index contributed by atoms with van der Waals surface area (Å²) in [6.45, 7) is 3.60. The highest BCUT2D eigenvalue weighted by molar-refractivity contribution is 5.67. The monoisotopic (exact) mass is 1530 g/mol. The molecule has 0 amide bonds. The minimum Gasteiger partial charge on any atom is -0.493 e. The molecule has 12 rings (SSSR count). The fourth-order valence-electron chi connectivity index (χ4n) is 12.6. The number of rotatable bonds is 30. The minimum atomic E-state index is -0.461. The molecule has 0 spiro atoms. The summed E-state index contributed by atoms with van der Waals surface area (Å²) in [7, 11) is 5.57. The van der Waals surface area contributed by atoms with Crippen LogP contribution in [0.4, 0.5) is 35.1 Å². The van der Waals surface area contributed by atoms with Gasteiger partial charge in [0.2, 0.25) is 0 Å². The highest BCUT2D eigenvalue weighted by Gasteiger charge is 2.20. The van der Waals surface area contributed by atoms with Crippen LogP contribution in [0.2, 0.25) is 0 Å². The van der Waals surface area contributed by atoms with Crippen LogP contribution in [0.25, 0.3) is 11.1 Å². The van der Waals surface area contributed by atoms with Crippen molar-refractivity contribution in [2.24, 2.45) is 34.6 Å². The van der Waals surface area contributed by atoms with E-state index in [1.165, 1.54) is 108 Å². The Bertz CT molecular complexity index is 4540. The van der Waals surface area contributed by atoms with Crippen molar-refractivity contribution in [3.05, 3.63) is 400 Å². The van der Waals surface area contributed by atoms with E-state index >= 15 is 0 Å². The van der Waals surface area contributed by atoms with Crippen molar-refractivity contribution in [2.45, 2.75) is 81.8 Å². The van der Waals surface area contributed by atoms with Crippen molar-refractivity contribution in [3.8, 4) is 28.4 Å². The molecule has 112 heavy (non-hydrogen) atoms. The summed E-state index contributed by atoms with van der Waals surface area (Å²) >= 11 is 0. The van der Waals surface area contributed by atoms with E-state index in [-0.39, 0.29) is 64.4 Å². The number of ether oxygens (including phenoxy) is 3. The van der Waals surface area contributed by atoms with Gasteiger partial charge in [-0.1, -0.05) is 194 Å². The van der Waals surface area contributed by atoms with Gasteiger partial charge in [0.15, 0.2) is 23.1 Å². The summed E-state index contributed by atoms with van der Waals surface area (Å²) in [6.07, 6.45) is 6.54. The van der Waals surface area contributed by atoms with Crippen molar-refractivity contribution >= 4 is 0 Å². The summed E-state index contributed by atoms with van der Waals surface area (Å²) < 4.78 is 123. The zero-order chi connectivity index (χ0) is 80.2. The number of aryl methyl sites for hydroxylation is 1. The van der Waals surface area contributed by atoms with E-state index in [0.29, 0.717) is 74.8 Å². The van der Waals surface area contributed by atoms with E-state index < -0.39 is 11.9 Å². The third-order valence-corrected chi connectivity index (χ3v) is 18.2. The van der Waals surface area contributed by atoms with Crippen LogP contribution in [0.1, 0.15) is 106 Å². The van der Waals surface area contributed by atoms with Crippen LogP contribution in [0.3, 0.4) is 0 Å². The van der Waals surface area contributed by atoms with E-state index in [1.807, 2.05) is 93.0 Å². The van der Waals surface area contributed by atoms with Gasteiger partial charge in [0.1, 0.15) is 52.9 Å². The lowest BCUT2D eigenvalue weighted by molar-refractivity contribution is 0.188. The predicted molar refractivity (Wildman–Crippen MR) is 439 cm³/mol. The Kier molecular flexibility index (Phi) is 39.1. The molecule has 17 heteroatoms. The van der Waals surface area contributed by atoms with E-state index in [9.17, 15) is 35.1 Å². The molecule has 9 nitrogen and oxygen atoms in total. The van der Waals surface area contributed by atoms with Crippen LogP contribution in [0.15, 0.2) is 303 Å². The Hall–Kier alpha value is -10.8. The fraction of sp³-hybridized carbons (Fsp3) is 0.242. The lowest BCUT2D eigenvalue weighted by Gasteiger charge is -2.20. The number of nitrogens with zero attached hydrogens (tertiary/aromatic N) is 1. The Morgan fingerprint density at radius 1 is 0.339 bits per heavy atom. The summed E-state index contributed by atoms with van der Waals surface area (Å²) in [4.78, 5) is 2.07. The molecule has 0 saturated heterocycles.